The molecule has 0 N–H and O–H groups in total. The van der Waals surface area contributed by atoms with Crippen molar-refractivity contribution in [1.29, 1.82) is 5.26 Å². The van der Waals surface area contributed by atoms with Crippen LogP contribution in [0.25, 0.3) is 0 Å². The van der Waals surface area contributed by atoms with Crippen molar-refractivity contribution in [2.75, 3.05) is 6.61 Å². The summed E-state index contributed by atoms with van der Waals surface area (Å²) >= 11 is 11.3. The van der Waals surface area contributed by atoms with E-state index >= 15 is 0 Å². The predicted molar refractivity (Wildman–Crippen MR) is 56.7 cm³/mol. The zero-order chi connectivity index (χ0) is 10.6. The smallest absolute Gasteiger partial charge is 0.123 e. The van der Waals surface area contributed by atoms with Crippen molar-refractivity contribution in [1.82, 2.24) is 0 Å². The fourth-order valence-corrected chi connectivity index (χ4v) is 1.11. The molecule has 2 nitrogen and oxygen atoms in total. The van der Waals surface area contributed by atoms with Crippen molar-refractivity contribution >= 4 is 23.2 Å². The summed E-state index contributed by atoms with van der Waals surface area (Å²) in [7, 11) is 0. The van der Waals surface area contributed by atoms with Gasteiger partial charge in [0.25, 0.3) is 0 Å². The lowest BCUT2D eigenvalue weighted by Gasteiger charge is -2.05. The molecule has 0 unspecified atom stereocenters. The Balaban J connectivity index is 2.77. The van der Waals surface area contributed by atoms with E-state index in [1.807, 2.05) is 6.07 Å². The second-order valence-corrected chi connectivity index (χ2v) is 3.50. The number of hydrogen-bond acceptors (Lipinski definition) is 2. The Morgan fingerprint density at radius 3 is 2.79 bits per heavy atom. The van der Waals surface area contributed by atoms with E-state index in [2.05, 4.69) is 6.58 Å². The number of nitriles is 1. The molecule has 1 aromatic rings. The van der Waals surface area contributed by atoms with Crippen LogP contribution in [0.15, 0.2) is 29.8 Å². The number of benzene rings is 1. The SMILES string of the molecule is C=C(Cl)COc1ccc(C#N)c(Cl)c1. The highest BCUT2D eigenvalue weighted by molar-refractivity contribution is 6.31. The number of ether oxygens (including phenoxy) is 1. The van der Waals surface area contributed by atoms with Gasteiger partial charge in [-0.2, -0.15) is 5.26 Å². The molecule has 0 fully saturated rings. The van der Waals surface area contributed by atoms with Crippen molar-refractivity contribution in [3.8, 4) is 11.8 Å². The number of nitrogens with zero attached hydrogens (tertiary/aromatic N) is 1. The summed E-state index contributed by atoms with van der Waals surface area (Å²) in [6.07, 6.45) is 0. The van der Waals surface area contributed by atoms with E-state index in [4.69, 9.17) is 33.2 Å². The fourth-order valence-electron chi connectivity index (χ4n) is 0.838. The second-order valence-electron chi connectivity index (χ2n) is 2.56. The molecule has 0 heterocycles. The van der Waals surface area contributed by atoms with Crippen LogP contribution in [-0.4, -0.2) is 6.61 Å². The Labute approximate surface area is 92.3 Å². The molecule has 1 aromatic carbocycles. The monoisotopic (exact) mass is 227 g/mol. The van der Waals surface area contributed by atoms with E-state index in [9.17, 15) is 0 Å². The van der Waals surface area contributed by atoms with Crippen LogP contribution in [0.5, 0.6) is 5.75 Å². The maximum atomic E-state index is 8.62. The van der Waals surface area contributed by atoms with Crippen LogP contribution in [0.4, 0.5) is 0 Å². The zero-order valence-corrected chi connectivity index (χ0v) is 8.77. The van der Waals surface area contributed by atoms with Crippen LogP contribution in [0, 0.1) is 11.3 Å². The third-order valence-corrected chi connectivity index (χ3v) is 1.88. The van der Waals surface area contributed by atoms with Crippen LogP contribution < -0.4 is 4.74 Å². The Morgan fingerprint density at radius 2 is 2.29 bits per heavy atom. The summed E-state index contributed by atoms with van der Waals surface area (Å²) in [5, 5.41) is 9.39. The Morgan fingerprint density at radius 1 is 1.57 bits per heavy atom. The Bertz CT molecular complexity index is 396. The second kappa shape index (κ2) is 4.90. The van der Waals surface area contributed by atoms with Crippen molar-refractivity contribution in [2.24, 2.45) is 0 Å². The van der Waals surface area contributed by atoms with Crippen LogP contribution in [0.2, 0.25) is 5.02 Å². The first-order valence-electron chi connectivity index (χ1n) is 3.79. The van der Waals surface area contributed by atoms with Gasteiger partial charge in [0.05, 0.1) is 10.6 Å². The van der Waals surface area contributed by atoms with Gasteiger partial charge in [0.1, 0.15) is 18.4 Å². The topological polar surface area (TPSA) is 33.0 Å². The van der Waals surface area contributed by atoms with Gasteiger partial charge in [0.15, 0.2) is 0 Å². The molecule has 0 aliphatic rings. The molecule has 0 bridgehead atoms. The molecular formula is C10H7Cl2NO. The minimum absolute atomic E-state index is 0.226. The maximum Gasteiger partial charge on any atom is 0.123 e. The van der Waals surface area contributed by atoms with Gasteiger partial charge < -0.3 is 4.74 Å². The molecule has 0 atom stereocenters. The summed E-state index contributed by atoms with van der Waals surface area (Å²) in [5.74, 6) is 0.566. The molecule has 0 amide bonds. The van der Waals surface area contributed by atoms with E-state index in [1.165, 1.54) is 0 Å². The summed E-state index contributed by atoms with van der Waals surface area (Å²) in [6, 6.07) is 6.77. The van der Waals surface area contributed by atoms with E-state index in [0.29, 0.717) is 21.4 Å². The largest absolute Gasteiger partial charge is 0.488 e. The van der Waals surface area contributed by atoms with Crippen LogP contribution in [0.3, 0.4) is 0 Å². The first-order valence-corrected chi connectivity index (χ1v) is 4.55. The summed E-state index contributed by atoms with van der Waals surface area (Å²) in [5.41, 5.74) is 0.420. The van der Waals surface area contributed by atoms with E-state index in [-0.39, 0.29) is 6.61 Å². The number of halogens is 2. The van der Waals surface area contributed by atoms with Crippen LogP contribution in [-0.2, 0) is 0 Å². The van der Waals surface area contributed by atoms with Gasteiger partial charge >= 0.3 is 0 Å². The molecule has 14 heavy (non-hydrogen) atoms. The Hall–Kier alpha value is -1.17. The Kier molecular flexibility index (Phi) is 3.82. The highest BCUT2D eigenvalue weighted by atomic mass is 35.5. The predicted octanol–water partition coefficient (Wildman–Crippen LogP) is 3.34. The molecule has 1 rings (SSSR count). The molecule has 0 saturated carbocycles. The van der Waals surface area contributed by atoms with Gasteiger partial charge in [-0.3, -0.25) is 0 Å². The maximum absolute atomic E-state index is 8.62. The van der Waals surface area contributed by atoms with E-state index in [0.717, 1.165) is 0 Å². The van der Waals surface area contributed by atoms with Crippen LogP contribution in [0.1, 0.15) is 5.56 Å². The van der Waals surface area contributed by atoms with E-state index < -0.39 is 0 Å². The van der Waals surface area contributed by atoms with Gasteiger partial charge in [-0.25, -0.2) is 0 Å². The van der Waals surface area contributed by atoms with Crippen molar-refractivity contribution in [3.63, 3.8) is 0 Å². The summed E-state index contributed by atoms with van der Waals surface area (Å²) < 4.78 is 5.22. The molecule has 0 aliphatic carbocycles. The van der Waals surface area contributed by atoms with Crippen molar-refractivity contribution in [2.45, 2.75) is 0 Å². The van der Waals surface area contributed by atoms with Crippen LogP contribution >= 0.6 is 23.2 Å². The van der Waals surface area contributed by atoms with Gasteiger partial charge in [-0.1, -0.05) is 29.8 Å². The molecule has 72 valence electrons. The standard InChI is InChI=1S/C10H7Cl2NO/c1-7(11)6-14-9-3-2-8(5-13)10(12)4-9/h2-4H,1,6H2. The van der Waals surface area contributed by atoms with E-state index in [1.54, 1.807) is 18.2 Å². The fraction of sp³-hybridized carbons (Fsp3) is 0.100. The normalized spacial score (nSPS) is 9.21. The van der Waals surface area contributed by atoms with Gasteiger partial charge in [-0.15, -0.1) is 0 Å². The lowest BCUT2D eigenvalue weighted by molar-refractivity contribution is 0.359. The average molecular weight is 228 g/mol. The molecule has 0 aromatic heterocycles. The first kappa shape index (κ1) is 10.9. The third kappa shape index (κ3) is 2.95. The molecule has 0 spiro atoms. The average Bonchev–Trinajstić information content (AvgIpc) is 2.15. The van der Waals surface area contributed by atoms with Crippen molar-refractivity contribution < 1.29 is 4.74 Å². The highest BCUT2D eigenvalue weighted by Crippen LogP contribution is 2.22. The quantitative estimate of drug-likeness (QED) is 0.794. The minimum Gasteiger partial charge on any atom is -0.488 e. The number of rotatable bonds is 3. The molecule has 4 heteroatoms. The van der Waals surface area contributed by atoms with Gasteiger partial charge in [0.2, 0.25) is 0 Å². The molecule has 0 saturated heterocycles. The first-order chi connectivity index (χ1) is 6.63. The lowest BCUT2D eigenvalue weighted by Crippen LogP contribution is -1.96. The molecule has 0 aliphatic heterocycles. The summed E-state index contributed by atoms with van der Waals surface area (Å²) in [4.78, 5) is 0. The lowest BCUT2D eigenvalue weighted by atomic mass is 10.2. The van der Waals surface area contributed by atoms with Gasteiger partial charge in [-0.05, 0) is 12.1 Å². The zero-order valence-electron chi connectivity index (χ0n) is 7.26. The number of hydrogen-bond donors (Lipinski definition) is 0. The minimum atomic E-state index is 0.226. The summed E-state index contributed by atoms with van der Waals surface area (Å²) in [6.45, 7) is 3.71. The van der Waals surface area contributed by atoms with Gasteiger partial charge in [0, 0.05) is 11.1 Å². The third-order valence-electron chi connectivity index (χ3n) is 1.46. The van der Waals surface area contributed by atoms with Crippen molar-refractivity contribution in [3.05, 3.63) is 40.4 Å². The molecular weight excluding hydrogens is 221 g/mol. The molecule has 0 radical (unpaired) electrons. The highest BCUT2D eigenvalue weighted by Gasteiger charge is 2.01.